The van der Waals surface area contributed by atoms with E-state index in [2.05, 4.69) is 21.9 Å². The van der Waals surface area contributed by atoms with Gasteiger partial charge in [-0.15, -0.1) is 0 Å². The molecule has 3 rings (SSSR count). The Balaban J connectivity index is 1.59. The fourth-order valence-electron chi connectivity index (χ4n) is 2.58. The van der Waals surface area contributed by atoms with Crippen molar-refractivity contribution in [2.75, 3.05) is 12.4 Å². The van der Waals surface area contributed by atoms with Crippen LogP contribution in [0, 0.1) is 0 Å². The summed E-state index contributed by atoms with van der Waals surface area (Å²) in [5.41, 5.74) is 4.29. The molecule has 0 aromatic heterocycles. The zero-order chi connectivity index (χ0) is 18.4. The predicted octanol–water partition coefficient (Wildman–Crippen LogP) is 3.80. The normalized spacial score (nSPS) is 12.1. The Labute approximate surface area is 152 Å². The van der Waals surface area contributed by atoms with Gasteiger partial charge in [0, 0.05) is 5.69 Å². The number of carbonyl (C=O) groups excluding carboxylic acids is 1. The van der Waals surface area contributed by atoms with E-state index in [1.165, 1.54) is 0 Å². The number of ether oxygens (including phenoxy) is 1. The van der Waals surface area contributed by atoms with Crippen molar-refractivity contribution in [2.24, 2.45) is 5.10 Å². The Bertz CT molecular complexity index is 937. The third-order valence-corrected chi connectivity index (χ3v) is 4.01. The Kier molecular flexibility index (Phi) is 5.49. The lowest BCUT2D eigenvalue weighted by Gasteiger charge is -2.14. The third-order valence-electron chi connectivity index (χ3n) is 4.01. The maximum absolute atomic E-state index is 12.2. The van der Waals surface area contributed by atoms with Gasteiger partial charge in [0.25, 0.3) is 5.91 Å². The molecule has 0 aliphatic heterocycles. The van der Waals surface area contributed by atoms with Crippen LogP contribution in [0.15, 0.2) is 71.8 Å². The number of methoxy groups -OCH3 is 1. The van der Waals surface area contributed by atoms with Crippen LogP contribution in [0.4, 0.5) is 5.69 Å². The maximum atomic E-state index is 12.2. The molecule has 0 bridgehead atoms. The SMILES string of the molecule is COc1cccc(/C=N/NC(=O)C(C)Nc2ccc3ccccc3c2)c1. The minimum Gasteiger partial charge on any atom is -0.497 e. The van der Waals surface area contributed by atoms with Crippen LogP contribution in [0.5, 0.6) is 5.75 Å². The van der Waals surface area contributed by atoms with Gasteiger partial charge in [0.2, 0.25) is 0 Å². The number of rotatable bonds is 6. The Morgan fingerprint density at radius 1 is 1.04 bits per heavy atom. The third kappa shape index (κ3) is 4.39. The minimum absolute atomic E-state index is 0.211. The van der Waals surface area contributed by atoms with Crippen molar-refractivity contribution in [3.63, 3.8) is 0 Å². The summed E-state index contributed by atoms with van der Waals surface area (Å²) in [7, 11) is 1.61. The predicted molar refractivity (Wildman–Crippen MR) is 106 cm³/mol. The van der Waals surface area contributed by atoms with Crippen LogP contribution in [0.3, 0.4) is 0 Å². The first-order valence-corrected chi connectivity index (χ1v) is 8.38. The second-order valence-corrected chi connectivity index (χ2v) is 5.94. The van der Waals surface area contributed by atoms with E-state index in [1.807, 2.05) is 60.7 Å². The number of benzene rings is 3. The number of nitrogens with one attached hydrogen (secondary N) is 2. The molecule has 5 nitrogen and oxygen atoms in total. The molecular formula is C21H21N3O2. The largest absolute Gasteiger partial charge is 0.497 e. The summed E-state index contributed by atoms with van der Waals surface area (Å²) in [6.45, 7) is 1.80. The van der Waals surface area contributed by atoms with Crippen LogP contribution >= 0.6 is 0 Å². The number of carbonyl (C=O) groups is 1. The van der Waals surface area contributed by atoms with Gasteiger partial charge in [-0.25, -0.2) is 5.43 Å². The van der Waals surface area contributed by atoms with Crippen LogP contribution in [-0.4, -0.2) is 25.3 Å². The van der Waals surface area contributed by atoms with Gasteiger partial charge in [0.15, 0.2) is 0 Å². The molecule has 0 radical (unpaired) electrons. The van der Waals surface area contributed by atoms with Crippen molar-refractivity contribution in [3.8, 4) is 5.75 Å². The second kappa shape index (κ2) is 8.16. The van der Waals surface area contributed by atoms with Crippen molar-refractivity contribution in [3.05, 3.63) is 72.3 Å². The van der Waals surface area contributed by atoms with Crippen LogP contribution < -0.4 is 15.5 Å². The summed E-state index contributed by atoms with van der Waals surface area (Å²) in [6, 6.07) is 21.2. The van der Waals surface area contributed by atoms with Crippen molar-refractivity contribution in [1.82, 2.24) is 5.43 Å². The molecule has 26 heavy (non-hydrogen) atoms. The first-order valence-electron chi connectivity index (χ1n) is 8.38. The monoisotopic (exact) mass is 347 g/mol. The molecular weight excluding hydrogens is 326 g/mol. The van der Waals surface area contributed by atoms with Gasteiger partial charge in [-0.05, 0) is 47.5 Å². The van der Waals surface area contributed by atoms with E-state index < -0.39 is 6.04 Å². The van der Waals surface area contributed by atoms with Gasteiger partial charge in [0.05, 0.1) is 13.3 Å². The number of anilines is 1. The molecule has 0 fully saturated rings. The lowest BCUT2D eigenvalue weighted by Crippen LogP contribution is -2.34. The van der Waals surface area contributed by atoms with Crippen LogP contribution in [0.1, 0.15) is 12.5 Å². The number of hydrogen-bond acceptors (Lipinski definition) is 4. The molecule has 3 aromatic carbocycles. The summed E-state index contributed by atoms with van der Waals surface area (Å²) in [6.07, 6.45) is 1.59. The van der Waals surface area contributed by atoms with Gasteiger partial charge >= 0.3 is 0 Å². The van der Waals surface area contributed by atoms with E-state index in [-0.39, 0.29) is 5.91 Å². The molecule has 0 heterocycles. The fraction of sp³-hybridized carbons (Fsp3) is 0.143. The van der Waals surface area contributed by atoms with E-state index in [0.717, 1.165) is 27.8 Å². The second-order valence-electron chi connectivity index (χ2n) is 5.94. The molecule has 3 aromatic rings. The summed E-state index contributed by atoms with van der Waals surface area (Å²) in [5.74, 6) is 0.531. The smallest absolute Gasteiger partial charge is 0.262 e. The van der Waals surface area contributed by atoms with Crippen molar-refractivity contribution in [2.45, 2.75) is 13.0 Å². The number of amides is 1. The molecule has 0 aliphatic rings. The fourth-order valence-corrected chi connectivity index (χ4v) is 2.58. The molecule has 0 aliphatic carbocycles. The lowest BCUT2D eigenvalue weighted by atomic mass is 10.1. The Hall–Kier alpha value is -3.34. The summed E-state index contributed by atoms with van der Waals surface area (Å²) in [4.78, 5) is 12.2. The molecule has 0 saturated heterocycles. The standard InChI is InChI=1S/C21H21N3O2/c1-15(23-19-11-10-17-7-3-4-8-18(17)13-19)21(25)24-22-14-16-6-5-9-20(12-16)26-2/h3-15,23H,1-2H3,(H,24,25)/b22-14+. The number of fused-ring (bicyclic) bond motifs is 1. The zero-order valence-corrected chi connectivity index (χ0v) is 14.8. The van der Waals surface area contributed by atoms with E-state index >= 15 is 0 Å². The topological polar surface area (TPSA) is 62.7 Å². The van der Waals surface area contributed by atoms with Crippen molar-refractivity contribution < 1.29 is 9.53 Å². The van der Waals surface area contributed by atoms with Crippen LogP contribution in [-0.2, 0) is 4.79 Å². The van der Waals surface area contributed by atoms with E-state index in [1.54, 1.807) is 20.2 Å². The molecule has 0 spiro atoms. The first-order chi connectivity index (χ1) is 12.7. The maximum Gasteiger partial charge on any atom is 0.262 e. The molecule has 1 atom stereocenters. The van der Waals surface area contributed by atoms with Gasteiger partial charge < -0.3 is 10.1 Å². The van der Waals surface area contributed by atoms with Gasteiger partial charge in [0.1, 0.15) is 11.8 Å². The number of hydrazone groups is 1. The zero-order valence-electron chi connectivity index (χ0n) is 14.8. The van der Waals surface area contributed by atoms with Crippen molar-refractivity contribution >= 4 is 28.6 Å². The summed E-state index contributed by atoms with van der Waals surface area (Å²) >= 11 is 0. The average molecular weight is 347 g/mol. The lowest BCUT2D eigenvalue weighted by molar-refractivity contribution is -0.121. The molecule has 0 saturated carbocycles. The Morgan fingerprint density at radius 2 is 1.85 bits per heavy atom. The molecule has 1 amide bonds. The van der Waals surface area contributed by atoms with Crippen LogP contribution in [0.2, 0.25) is 0 Å². The highest BCUT2D eigenvalue weighted by atomic mass is 16.5. The summed E-state index contributed by atoms with van der Waals surface area (Å²) in [5, 5.41) is 9.50. The summed E-state index contributed by atoms with van der Waals surface area (Å²) < 4.78 is 5.16. The number of hydrogen-bond donors (Lipinski definition) is 2. The molecule has 5 heteroatoms. The van der Waals surface area contributed by atoms with Gasteiger partial charge in [-0.2, -0.15) is 5.10 Å². The van der Waals surface area contributed by atoms with Crippen LogP contribution in [0.25, 0.3) is 10.8 Å². The minimum atomic E-state index is -0.418. The molecule has 132 valence electrons. The quantitative estimate of drug-likeness (QED) is 0.527. The van der Waals surface area contributed by atoms with E-state index in [0.29, 0.717) is 0 Å². The highest BCUT2D eigenvalue weighted by Gasteiger charge is 2.11. The first kappa shape index (κ1) is 17.5. The molecule has 2 N–H and O–H groups in total. The highest BCUT2D eigenvalue weighted by Crippen LogP contribution is 2.19. The van der Waals surface area contributed by atoms with Crippen molar-refractivity contribution in [1.29, 1.82) is 0 Å². The van der Waals surface area contributed by atoms with Gasteiger partial charge in [-0.3, -0.25) is 4.79 Å². The van der Waals surface area contributed by atoms with E-state index in [4.69, 9.17) is 4.74 Å². The van der Waals surface area contributed by atoms with E-state index in [9.17, 15) is 4.79 Å². The highest BCUT2D eigenvalue weighted by molar-refractivity contribution is 5.89. The average Bonchev–Trinajstić information content (AvgIpc) is 2.68. The molecule has 1 unspecified atom stereocenters. The number of nitrogens with zero attached hydrogens (tertiary/aromatic N) is 1. The Morgan fingerprint density at radius 3 is 2.65 bits per heavy atom. The van der Waals surface area contributed by atoms with Gasteiger partial charge in [-0.1, -0.05) is 42.5 Å².